The number of nitrogens with two attached hydrogens (primary N) is 1. The van der Waals surface area contributed by atoms with Crippen LogP contribution in [-0.4, -0.2) is 42.1 Å². The molecular weight excluding hydrogens is 240 g/mol. The molecular formula is C15H26N2O2. The maximum atomic E-state index is 12.9. The van der Waals surface area contributed by atoms with E-state index in [1.54, 1.807) is 0 Å². The SMILES string of the molecule is C=C(C)CN(CC)C(=O)C1(N)C2CCOC2C1(C)C. The average Bonchev–Trinajstić information content (AvgIpc) is 2.81. The fourth-order valence-corrected chi connectivity index (χ4v) is 3.73. The van der Waals surface area contributed by atoms with Gasteiger partial charge in [-0.2, -0.15) is 0 Å². The highest BCUT2D eigenvalue weighted by Gasteiger charge is 2.71. The molecule has 1 amide bonds. The summed E-state index contributed by atoms with van der Waals surface area (Å²) in [5, 5.41) is 0. The summed E-state index contributed by atoms with van der Waals surface area (Å²) in [6.45, 7) is 13.9. The van der Waals surface area contributed by atoms with Gasteiger partial charge in [0, 0.05) is 31.0 Å². The van der Waals surface area contributed by atoms with Crippen molar-refractivity contribution in [3.63, 3.8) is 0 Å². The van der Waals surface area contributed by atoms with Gasteiger partial charge in [0.1, 0.15) is 5.54 Å². The Morgan fingerprint density at radius 2 is 2.16 bits per heavy atom. The molecule has 1 aliphatic heterocycles. The van der Waals surface area contributed by atoms with Crippen LogP contribution in [0, 0.1) is 11.3 Å². The van der Waals surface area contributed by atoms with Crippen molar-refractivity contribution in [3.05, 3.63) is 12.2 Å². The van der Waals surface area contributed by atoms with E-state index in [2.05, 4.69) is 6.58 Å². The average molecular weight is 266 g/mol. The van der Waals surface area contributed by atoms with Gasteiger partial charge >= 0.3 is 0 Å². The minimum Gasteiger partial charge on any atom is -0.377 e. The maximum absolute atomic E-state index is 12.9. The van der Waals surface area contributed by atoms with Crippen LogP contribution in [0.1, 0.15) is 34.1 Å². The summed E-state index contributed by atoms with van der Waals surface area (Å²) in [5.41, 5.74) is 6.45. The Hall–Kier alpha value is -0.870. The molecule has 0 radical (unpaired) electrons. The molecule has 0 aromatic carbocycles. The first-order valence-corrected chi connectivity index (χ1v) is 7.11. The zero-order valence-electron chi connectivity index (χ0n) is 12.5. The van der Waals surface area contributed by atoms with E-state index in [0.717, 1.165) is 18.6 Å². The maximum Gasteiger partial charge on any atom is 0.243 e. The number of carbonyl (C=O) groups is 1. The van der Waals surface area contributed by atoms with Crippen LogP contribution in [0.2, 0.25) is 0 Å². The molecule has 4 heteroatoms. The molecule has 19 heavy (non-hydrogen) atoms. The Labute approximate surface area is 116 Å². The molecule has 2 fully saturated rings. The predicted molar refractivity (Wildman–Crippen MR) is 75.6 cm³/mol. The van der Waals surface area contributed by atoms with Gasteiger partial charge in [0.05, 0.1) is 6.10 Å². The van der Waals surface area contributed by atoms with Crippen LogP contribution in [0.3, 0.4) is 0 Å². The molecule has 2 N–H and O–H groups in total. The highest BCUT2D eigenvalue weighted by atomic mass is 16.5. The number of fused-ring (bicyclic) bond motifs is 1. The van der Waals surface area contributed by atoms with Gasteiger partial charge in [-0.15, -0.1) is 0 Å². The molecule has 1 aliphatic carbocycles. The Balaban J connectivity index is 2.24. The largest absolute Gasteiger partial charge is 0.377 e. The van der Waals surface area contributed by atoms with Crippen molar-refractivity contribution in [1.29, 1.82) is 0 Å². The lowest BCUT2D eigenvalue weighted by atomic mass is 9.47. The van der Waals surface area contributed by atoms with E-state index in [-0.39, 0.29) is 23.3 Å². The highest BCUT2D eigenvalue weighted by Crippen LogP contribution is 2.58. The standard InChI is InChI=1S/C15H26N2O2/c1-6-17(9-10(2)3)13(18)15(16)11-7-8-19-12(11)14(15,4)5/h11-12H,2,6-9,16H2,1,3-5H3. The van der Waals surface area contributed by atoms with Gasteiger partial charge in [-0.3, -0.25) is 4.79 Å². The van der Waals surface area contributed by atoms with Gasteiger partial charge < -0.3 is 15.4 Å². The van der Waals surface area contributed by atoms with Gasteiger partial charge in [0.2, 0.25) is 5.91 Å². The first-order chi connectivity index (χ1) is 8.76. The third kappa shape index (κ3) is 1.84. The lowest BCUT2D eigenvalue weighted by Gasteiger charge is -2.61. The number of likely N-dealkylation sites (N-methyl/N-ethyl adjacent to an activating group) is 1. The number of nitrogens with zero attached hydrogens (tertiary/aromatic N) is 1. The monoisotopic (exact) mass is 266 g/mol. The second-order valence-corrected chi connectivity index (χ2v) is 6.55. The lowest BCUT2D eigenvalue weighted by Crippen LogP contribution is -2.80. The summed E-state index contributed by atoms with van der Waals surface area (Å²) in [6.07, 6.45) is 1.02. The van der Waals surface area contributed by atoms with E-state index in [0.29, 0.717) is 13.1 Å². The fourth-order valence-electron chi connectivity index (χ4n) is 3.73. The number of rotatable bonds is 4. The number of hydrogen-bond acceptors (Lipinski definition) is 3. The second kappa shape index (κ2) is 4.60. The van der Waals surface area contributed by atoms with E-state index in [4.69, 9.17) is 10.5 Å². The fraction of sp³-hybridized carbons (Fsp3) is 0.800. The lowest BCUT2D eigenvalue weighted by molar-refractivity contribution is -0.183. The summed E-state index contributed by atoms with van der Waals surface area (Å²) in [5.74, 6) is 0.212. The van der Waals surface area contributed by atoms with Crippen molar-refractivity contribution >= 4 is 5.91 Å². The third-order valence-corrected chi connectivity index (χ3v) is 4.94. The minimum atomic E-state index is -0.792. The quantitative estimate of drug-likeness (QED) is 0.786. The zero-order chi connectivity index (χ0) is 14.4. The van der Waals surface area contributed by atoms with Gasteiger partial charge in [0.15, 0.2) is 0 Å². The van der Waals surface area contributed by atoms with Crippen molar-refractivity contribution in [1.82, 2.24) is 4.90 Å². The molecule has 108 valence electrons. The van der Waals surface area contributed by atoms with Crippen LogP contribution in [0.15, 0.2) is 12.2 Å². The van der Waals surface area contributed by atoms with Crippen LogP contribution >= 0.6 is 0 Å². The topological polar surface area (TPSA) is 55.6 Å². The van der Waals surface area contributed by atoms with E-state index in [1.807, 2.05) is 32.6 Å². The van der Waals surface area contributed by atoms with E-state index in [9.17, 15) is 4.79 Å². The molecule has 2 aliphatic rings. The zero-order valence-corrected chi connectivity index (χ0v) is 12.5. The number of amides is 1. The molecule has 1 saturated heterocycles. The van der Waals surface area contributed by atoms with Crippen molar-refractivity contribution in [2.75, 3.05) is 19.7 Å². The van der Waals surface area contributed by atoms with Gasteiger partial charge in [-0.05, 0) is 20.3 Å². The Morgan fingerprint density at radius 1 is 1.53 bits per heavy atom. The highest BCUT2D eigenvalue weighted by molar-refractivity contribution is 5.89. The Morgan fingerprint density at radius 3 is 2.68 bits per heavy atom. The van der Waals surface area contributed by atoms with Crippen LogP contribution in [0.25, 0.3) is 0 Å². The Kier molecular flexibility index (Phi) is 3.52. The van der Waals surface area contributed by atoms with Gasteiger partial charge in [-0.25, -0.2) is 0 Å². The van der Waals surface area contributed by atoms with E-state index >= 15 is 0 Å². The predicted octanol–water partition coefficient (Wildman–Crippen LogP) is 1.55. The van der Waals surface area contributed by atoms with Crippen LogP contribution in [-0.2, 0) is 9.53 Å². The molecule has 3 unspecified atom stereocenters. The molecule has 0 spiro atoms. The first-order valence-electron chi connectivity index (χ1n) is 7.11. The van der Waals surface area contributed by atoms with E-state index < -0.39 is 5.54 Å². The van der Waals surface area contributed by atoms with Gasteiger partial charge in [-0.1, -0.05) is 26.0 Å². The van der Waals surface area contributed by atoms with Gasteiger partial charge in [0.25, 0.3) is 0 Å². The molecule has 0 aromatic heterocycles. The summed E-state index contributed by atoms with van der Waals surface area (Å²) in [6, 6.07) is 0. The third-order valence-electron chi connectivity index (χ3n) is 4.94. The van der Waals surface area contributed by atoms with Crippen molar-refractivity contribution in [2.24, 2.45) is 17.1 Å². The normalized spacial score (nSPS) is 35.4. The summed E-state index contributed by atoms with van der Waals surface area (Å²) in [7, 11) is 0. The molecule has 4 nitrogen and oxygen atoms in total. The molecule has 0 aromatic rings. The van der Waals surface area contributed by atoms with Crippen LogP contribution in [0.5, 0.6) is 0 Å². The molecule has 0 bridgehead atoms. The molecule has 1 saturated carbocycles. The van der Waals surface area contributed by atoms with Crippen LogP contribution < -0.4 is 5.73 Å². The van der Waals surface area contributed by atoms with Crippen molar-refractivity contribution in [2.45, 2.75) is 45.8 Å². The smallest absolute Gasteiger partial charge is 0.243 e. The first kappa shape index (κ1) is 14.5. The summed E-state index contributed by atoms with van der Waals surface area (Å²) in [4.78, 5) is 14.7. The van der Waals surface area contributed by atoms with E-state index in [1.165, 1.54) is 0 Å². The minimum absolute atomic E-state index is 0.0507. The number of hydrogen-bond donors (Lipinski definition) is 1. The molecule has 3 atom stereocenters. The number of ether oxygens (including phenoxy) is 1. The second-order valence-electron chi connectivity index (χ2n) is 6.55. The van der Waals surface area contributed by atoms with Crippen LogP contribution in [0.4, 0.5) is 0 Å². The van der Waals surface area contributed by atoms with Crippen molar-refractivity contribution in [3.8, 4) is 0 Å². The Bertz CT molecular complexity index is 405. The summed E-state index contributed by atoms with van der Waals surface area (Å²) >= 11 is 0. The molecule has 2 rings (SSSR count). The van der Waals surface area contributed by atoms with Crippen molar-refractivity contribution < 1.29 is 9.53 Å². The summed E-state index contributed by atoms with van der Waals surface area (Å²) < 4.78 is 5.74. The number of carbonyl (C=O) groups excluding carboxylic acids is 1. The molecule has 1 heterocycles.